The summed E-state index contributed by atoms with van der Waals surface area (Å²) in [5.41, 5.74) is 1.84. The summed E-state index contributed by atoms with van der Waals surface area (Å²) in [7, 11) is 1.88. The molecule has 0 fully saturated rings. The van der Waals surface area contributed by atoms with Gasteiger partial charge in [0.25, 0.3) is 5.91 Å². The third-order valence-electron chi connectivity index (χ3n) is 2.82. The fraction of sp³-hybridized carbons (Fsp3) is 0.357. The molecule has 6 nitrogen and oxygen atoms in total. The van der Waals surface area contributed by atoms with Crippen molar-refractivity contribution < 1.29 is 4.79 Å². The summed E-state index contributed by atoms with van der Waals surface area (Å²) in [5, 5.41) is 12.6. The van der Waals surface area contributed by atoms with Crippen LogP contribution in [-0.4, -0.2) is 28.1 Å². The Morgan fingerprint density at radius 2 is 2.20 bits per heavy atom. The molecule has 6 heteroatoms. The predicted octanol–water partition coefficient (Wildman–Crippen LogP) is 1.90. The van der Waals surface area contributed by atoms with Crippen molar-refractivity contribution in [3.05, 3.63) is 41.5 Å². The largest absolute Gasteiger partial charge is 0.319 e. The van der Waals surface area contributed by atoms with E-state index in [1.807, 2.05) is 45.2 Å². The third kappa shape index (κ3) is 3.42. The Balaban J connectivity index is 2.08. The van der Waals surface area contributed by atoms with Gasteiger partial charge in [0.15, 0.2) is 0 Å². The van der Waals surface area contributed by atoms with E-state index >= 15 is 0 Å². The van der Waals surface area contributed by atoms with Crippen LogP contribution in [0.15, 0.2) is 24.3 Å². The maximum Gasteiger partial charge on any atom is 0.295 e. The molecule has 0 aliphatic rings. The maximum atomic E-state index is 12.0. The number of H-pyrrole nitrogens is 1. The number of rotatable bonds is 5. The lowest BCUT2D eigenvalue weighted by molar-refractivity contribution is 0.101. The Hall–Kier alpha value is -2.21. The van der Waals surface area contributed by atoms with E-state index in [1.54, 1.807) is 0 Å². The smallest absolute Gasteiger partial charge is 0.295 e. The lowest BCUT2D eigenvalue weighted by Crippen LogP contribution is -2.14. The van der Waals surface area contributed by atoms with Crippen LogP contribution in [0.2, 0.25) is 0 Å². The van der Waals surface area contributed by atoms with Crippen LogP contribution in [0.1, 0.15) is 41.8 Å². The second kappa shape index (κ2) is 6.29. The molecule has 2 aromatic rings. The normalized spacial score (nSPS) is 10.8. The van der Waals surface area contributed by atoms with Crippen molar-refractivity contribution in [2.24, 2.45) is 0 Å². The number of hydrogen-bond donors (Lipinski definition) is 3. The average molecular weight is 273 g/mol. The second-order valence-corrected chi connectivity index (χ2v) is 4.88. The lowest BCUT2D eigenvalue weighted by Gasteiger charge is -2.05. The molecule has 0 aliphatic heterocycles. The second-order valence-electron chi connectivity index (χ2n) is 4.88. The molecule has 0 saturated carbocycles. The molecule has 0 bridgehead atoms. The van der Waals surface area contributed by atoms with Gasteiger partial charge in [-0.3, -0.25) is 9.89 Å². The van der Waals surface area contributed by atoms with Crippen LogP contribution in [0.5, 0.6) is 0 Å². The fourth-order valence-corrected chi connectivity index (χ4v) is 1.78. The number of amides is 1. The maximum absolute atomic E-state index is 12.0. The highest BCUT2D eigenvalue weighted by Crippen LogP contribution is 2.12. The van der Waals surface area contributed by atoms with Crippen LogP contribution in [-0.2, 0) is 6.54 Å². The Kier molecular flexibility index (Phi) is 4.47. The van der Waals surface area contributed by atoms with Crippen molar-refractivity contribution in [3.8, 4) is 0 Å². The van der Waals surface area contributed by atoms with E-state index in [4.69, 9.17) is 0 Å². The van der Waals surface area contributed by atoms with Crippen molar-refractivity contribution >= 4 is 11.6 Å². The molecule has 1 amide bonds. The highest BCUT2D eigenvalue weighted by molar-refractivity contribution is 6.01. The van der Waals surface area contributed by atoms with Gasteiger partial charge in [0, 0.05) is 18.2 Å². The van der Waals surface area contributed by atoms with Gasteiger partial charge >= 0.3 is 0 Å². The fourth-order valence-electron chi connectivity index (χ4n) is 1.78. The number of nitrogens with zero attached hydrogens (tertiary/aromatic N) is 2. The molecule has 1 aromatic heterocycles. The Morgan fingerprint density at radius 1 is 1.40 bits per heavy atom. The van der Waals surface area contributed by atoms with Gasteiger partial charge in [-0.15, -0.1) is 5.10 Å². The number of hydrogen-bond acceptors (Lipinski definition) is 4. The van der Waals surface area contributed by atoms with Crippen LogP contribution in [0, 0.1) is 0 Å². The van der Waals surface area contributed by atoms with Crippen LogP contribution in [0.25, 0.3) is 0 Å². The Bertz CT molecular complexity index is 591. The van der Waals surface area contributed by atoms with Crippen molar-refractivity contribution in [2.45, 2.75) is 26.3 Å². The summed E-state index contributed by atoms with van der Waals surface area (Å²) in [6.45, 7) is 4.73. The average Bonchev–Trinajstić information content (AvgIpc) is 2.89. The van der Waals surface area contributed by atoms with E-state index in [-0.39, 0.29) is 17.6 Å². The van der Waals surface area contributed by atoms with E-state index in [0.717, 1.165) is 17.8 Å². The van der Waals surface area contributed by atoms with Gasteiger partial charge in [-0.25, -0.2) is 4.98 Å². The molecule has 1 aromatic carbocycles. The zero-order chi connectivity index (χ0) is 14.5. The van der Waals surface area contributed by atoms with Gasteiger partial charge in [0.05, 0.1) is 0 Å². The molecule has 1 heterocycles. The van der Waals surface area contributed by atoms with E-state index in [1.165, 1.54) is 0 Å². The number of nitrogens with one attached hydrogen (secondary N) is 3. The van der Waals surface area contributed by atoms with E-state index < -0.39 is 0 Å². The zero-order valence-electron chi connectivity index (χ0n) is 11.9. The summed E-state index contributed by atoms with van der Waals surface area (Å²) in [5.74, 6) is 0.768. The van der Waals surface area contributed by atoms with Crippen molar-refractivity contribution in [1.29, 1.82) is 0 Å². The third-order valence-corrected chi connectivity index (χ3v) is 2.82. The van der Waals surface area contributed by atoms with Gasteiger partial charge in [0.2, 0.25) is 5.82 Å². The Labute approximate surface area is 118 Å². The molecular formula is C14H19N5O. The number of carbonyl (C=O) groups is 1. The first-order valence-electron chi connectivity index (χ1n) is 6.57. The number of anilines is 1. The quantitative estimate of drug-likeness (QED) is 0.777. The highest BCUT2D eigenvalue weighted by Gasteiger charge is 2.14. The minimum Gasteiger partial charge on any atom is -0.319 e. The van der Waals surface area contributed by atoms with Gasteiger partial charge < -0.3 is 10.6 Å². The molecular weight excluding hydrogens is 254 g/mol. The molecule has 0 atom stereocenters. The van der Waals surface area contributed by atoms with Gasteiger partial charge in [-0.2, -0.15) is 0 Å². The molecule has 20 heavy (non-hydrogen) atoms. The molecule has 0 saturated heterocycles. The molecule has 0 unspecified atom stereocenters. The number of carbonyl (C=O) groups excluding carboxylic acids is 1. The first-order chi connectivity index (χ1) is 9.60. The predicted molar refractivity (Wildman–Crippen MR) is 77.6 cm³/mol. The summed E-state index contributed by atoms with van der Waals surface area (Å²) >= 11 is 0. The van der Waals surface area contributed by atoms with Gasteiger partial charge in [-0.1, -0.05) is 26.0 Å². The number of aromatic amines is 1. The van der Waals surface area contributed by atoms with E-state index in [0.29, 0.717) is 5.82 Å². The van der Waals surface area contributed by atoms with Crippen molar-refractivity contribution in [1.82, 2.24) is 20.5 Å². The van der Waals surface area contributed by atoms with Crippen LogP contribution < -0.4 is 10.6 Å². The molecule has 106 valence electrons. The SMILES string of the molecule is CNCc1cccc(NC(=O)c2n[nH]c(C(C)C)n2)c1. The first-order valence-corrected chi connectivity index (χ1v) is 6.57. The summed E-state index contributed by atoms with van der Waals surface area (Å²) < 4.78 is 0. The monoisotopic (exact) mass is 273 g/mol. The van der Waals surface area contributed by atoms with Crippen molar-refractivity contribution in [3.63, 3.8) is 0 Å². The van der Waals surface area contributed by atoms with Crippen LogP contribution in [0.3, 0.4) is 0 Å². The summed E-state index contributed by atoms with van der Waals surface area (Å²) in [6, 6.07) is 7.66. The van der Waals surface area contributed by atoms with E-state index in [2.05, 4.69) is 25.8 Å². The number of benzene rings is 1. The minimum atomic E-state index is -0.310. The topological polar surface area (TPSA) is 82.7 Å². The van der Waals surface area contributed by atoms with Gasteiger partial charge in [-0.05, 0) is 24.7 Å². The van der Waals surface area contributed by atoms with Crippen molar-refractivity contribution in [2.75, 3.05) is 12.4 Å². The molecule has 0 aliphatic carbocycles. The molecule has 0 spiro atoms. The Morgan fingerprint density at radius 3 is 2.85 bits per heavy atom. The minimum absolute atomic E-state index is 0.160. The van der Waals surface area contributed by atoms with Crippen LogP contribution >= 0.6 is 0 Å². The zero-order valence-corrected chi connectivity index (χ0v) is 11.9. The summed E-state index contributed by atoms with van der Waals surface area (Å²) in [6.07, 6.45) is 0. The first kappa shape index (κ1) is 14.2. The highest BCUT2D eigenvalue weighted by atomic mass is 16.2. The van der Waals surface area contributed by atoms with Gasteiger partial charge in [0.1, 0.15) is 5.82 Å². The van der Waals surface area contributed by atoms with Crippen LogP contribution in [0.4, 0.5) is 5.69 Å². The molecule has 0 radical (unpaired) electrons. The molecule has 3 N–H and O–H groups in total. The lowest BCUT2D eigenvalue weighted by atomic mass is 10.2. The summed E-state index contributed by atoms with van der Waals surface area (Å²) in [4.78, 5) is 16.2. The molecule has 2 rings (SSSR count). The standard InChI is InChI=1S/C14H19N5O/c1-9(2)12-17-13(19-18-12)14(20)16-11-6-4-5-10(7-11)8-15-3/h4-7,9,15H,8H2,1-3H3,(H,16,20)(H,17,18,19). The number of aromatic nitrogens is 3. The van der Waals surface area contributed by atoms with E-state index in [9.17, 15) is 4.79 Å².